The Kier molecular flexibility index (Phi) is 6.39. The maximum atomic E-state index is 12.1. The Labute approximate surface area is 143 Å². The third-order valence-corrected chi connectivity index (χ3v) is 3.88. The number of hydrogen-bond acceptors (Lipinski definition) is 3. The quantitative estimate of drug-likeness (QED) is 0.454. The average molecular weight is 409 g/mol. The molecule has 2 aromatic rings. The van der Waals surface area contributed by atoms with Gasteiger partial charge in [-0.15, -0.1) is 0 Å². The molecule has 2 aromatic carbocycles. The highest BCUT2D eigenvalue weighted by atomic mass is 127. The lowest BCUT2D eigenvalue weighted by Gasteiger charge is -2.15. The van der Waals surface area contributed by atoms with Crippen LogP contribution in [0.3, 0.4) is 0 Å². The molecule has 22 heavy (non-hydrogen) atoms. The molecule has 2 rings (SSSR count). The highest BCUT2D eigenvalue weighted by Gasteiger charge is 2.21. The zero-order valence-electron chi connectivity index (χ0n) is 11.9. The topological polar surface area (TPSA) is 55.4 Å². The molecule has 0 aromatic heterocycles. The summed E-state index contributed by atoms with van der Waals surface area (Å²) in [4.78, 5) is 24.1. The Bertz CT molecular complexity index is 616. The van der Waals surface area contributed by atoms with E-state index in [1.54, 1.807) is 24.3 Å². The summed E-state index contributed by atoms with van der Waals surface area (Å²) in [6.45, 7) is 0.202. The fourth-order valence-electron chi connectivity index (χ4n) is 1.82. The van der Waals surface area contributed by atoms with E-state index in [0.717, 1.165) is 5.56 Å². The van der Waals surface area contributed by atoms with Gasteiger partial charge in [0, 0.05) is 9.99 Å². The number of carbonyl (C=O) groups excluding carboxylic acids is 2. The van der Waals surface area contributed by atoms with Gasteiger partial charge in [-0.2, -0.15) is 0 Å². The van der Waals surface area contributed by atoms with Crippen LogP contribution >= 0.6 is 22.6 Å². The molecule has 1 atom stereocenters. The van der Waals surface area contributed by atoms with Gasteiger partial charge in [0.15, 0.2) is 0 Å². The van der Waals surface area contributed by atoms with Gasteiger partial charge >= 0.3 is 5.97 Å². The zero-order chi connectivity index (χ0) is 15.8. The lowest BCUT2D eigenvalue weighted by atomic mass is 10.2. The Morgan fingerprint density at radius 3 is 2.18 bits per heavy atom. The van der Waals surface area contributed by atoms with E-state index in [4.69, 9.17) is 4.74 Å². The number of hydrogen-bond donors (Lipinski definition) is 1. The van der Waals surface area contributed by atoms with Crippen molar-refractivity contribution in [3.63, 3.8) is 0 Å². The van der Waals surface area contributed by atoms with Crippen molar-refractivity contribution in [2.24, 2.45) is 0 Å². The fourth-order valence-corrected chi connectivity index (χ4v) is 2.40. The molecule has 0 bridgehead atoms. The van der Waals surface area contributed by atoms with E-state index in [-0.39, 0.29) is 12.5 Å². The third-order valence-electron chi connectivity index (χ3n) is 3.00. The number of alkyl halides is 1. The third kappa shape index (κ3) is 4.84. The second kappa shape index (κ2) is 8.53. The molecule has 5 heteroatoms. The van der Waals surface area contributed by atoms with Crippen LogP contribution in [0.15, 0.2) is 60.7 Å². The maximum absolute atomic E-state index is 12.1. The Hall–Kier alpha value is -1.89. The van der Waals surface area contributed by atoms with E-state index in [1.165, 1.54) is 0 Å². The fraction of sp³-hybridized carbons (Fsp3) is 0.176. The van der Waals surface area contributed by atoms with Gasteiger partial charge in [-0.05, 0) is 17.7 Å². The number of rotatable bonds is 6. The van der Waals surface area contributed by atoms with Gasteiger partial charge in [0.25, 0.3) is 5.91 Å². The first-order chi connectivity index (χ1) is 10.7. The number of esters is 1. The molecule has 0 unspecified atom stereocenters. The van der Waals surface area contributed by atoms with E-state index >= 15 is 0 Å². The van der Waals surface area contributed by atoms with E-state index in [2.05, 4.69) is 27.9 Å². The molecule has 1 amide bonds. The summed E-state index contributed by atoms with van der Waals surface area (Å²) in [5, 5.41) is 2.70. The van der Waals surface area contributed by atoms with Crippen LogP contribution in [0.25, 0.3) is 0 Å². The van der Waals surface area contributed by atoms with Gasteiger partial charge in [-0.25, -0.2) is 4.79 Å². The summed E-state index contributed by atoms with van der Waals surface area (Å²) in [5.74, 6) is -0.707. The molecule has 0 saturated carbocycles. The first-order valence-corrected chi connectivity index (χ1v) is 8.35. The van der Waals surface area contributed by atoms with Gasteiger partial charge in [0.05, 0.1) is 0 Å². The first-order valence-electron chi connectivity index (χ1n) is 6.83. The molecular formula is C17H16INO3. The van der Waals surface area contributed by atoms with Crippen molar-refractivity contribution in [3.8, 4) is 0 Å². The van der Waals surface area contributed by atoms with Crippen molar-refractivity contribution in [2.75, 3.05) is 4.43 Å². The minimum Gasteiger partial charge on any atom is -0.459 e. The van der Waals surface area contributed by atoms with Crippen molar-refractivity contribution in [1.29, 1.82) is 0 Å². The summed E-state index contributed by atoms with van der Waals surface area (Å²) in [6, 6.07) is 17.6. The predicted octanol–water partition coefficient (Wildman–Crippen LogP) is 2.96. The summed E-state index contributed by atoms with van der Waals surface area (Å²) < 4.78 is 5.71. The summed E-state index contributed by atoms with van der Waals surface area (Å²) in [6.07, 6.45) is 0. The molecule has 0 radical (unpaired) electrons. The minimum absolute atomic E-state index is 0.202. The maximum Gasteiger partial charge on any atom is 0.329 e. The van der Waals surface area contributed by atoms with E-state index in [9.17, 15) is 9.59 Å². The minimum atomic E-state index is -0.656. The largest absolute Gasteiger partial charge is 0.459 e. The van der Waals surface area contributed by atoms with Crippen molar-refractivity contribution in [3.05, 3.63) is 71.8 Å². The second-order valence-corrected chi connectivity index (χ2v) is 5.52. The molecule has 114 valence electrons. The van der Waals surface area contributed by atoms with Crippen molar-refractivity contribution < 1.29 is 14.3 Å². The van der Waals surface area contributed by atoms with Gasteiger partial charge in [0.1, 0.15) is 12.6 Å². The van der Waals surface area contributed by atoms with E-state index in [0.29, 0.717) is 9.99 Å². The molecule has 0 aliphatic rings. The number of carbonyl (C=O) groups is 2. The van der Waals surface area contributed by atoms with Gasteiger partial charge in [-0.3, -0.25) is 4.79 Å². The van der Waals surface area contributed by atoms with Crippen LogP contribution < -0.4 is 5.32 Å². The molecule has 4 nitrogen and oxygen atoms in total. The molecule has 0 aliphatic heterocycles. The normalized spacial score (nSPS) is 11.5. The van der Waals surface area contributed by atoms with Crippen molar-refractivity contribution in [2.45, 2.75) is 12.6 Å². The smallest absolute Gasteiger partial charge is 0.329 e. The predicted molar refractivity (Wildman–Crippen MR) is 92.8 cm³/mol. The highest BCUT2D eigenvalue weighted by molar-refractivity contribution is 14.1. The zero-order valence-corrected chi connectivity index (χ0v) is 14.0. The lowest BCUT2D eigenvalue weighted by molar-refractivity contribution is -0.146. The molecule has 0 aliphatic carbocycles. The first kappa shape index (κ1) is 16.5. The number of nitrogens with one attached hydrogen (secondary N) is 1. The molecular weight excluding hydrogens is 393 g/mol. The van der Waals surface area contributed by atoms with E-state index < -0.39 is 12.0 Å². The summed E-state index contributed by atoms with van der Waals surface area (Å²) in [5.41, 5.74) is 1.44. The molecule has 1 N–H and O–H groups in total. The summed E-state index contributed by atoms with van der Waals surface area (Å²) in [7, 11) is 0. The number of amides is 1. The van der Waals surface area contributed by atoms with Crippen LogP contribution in [0.4, 0.5) is 0 Å². The van der Waals surface area contributed by atoms with Crippen molar-refractivity contribution in [1.82, 2.24) is 5.32 Å². The van der Waals surface area contributed by atoms with E-state index in [1.807, 2.05) is 36.4 Å². The SMILES string of the molecule is O=C(N[C@@H](CI)C(=O)OCc1ccccc1)c1ccccc1. The van der Waals surface area contributed by atoms with Crippen LogP contribution in [0.2, 0.25) is 0 Å². The molecule has 0 saturated heterocycles. The van der Waals surface area contributed by atoms with Crippen molar-refractivity contribution >= 4 is 34.5 Å². The number of ether oxygens (including phenoxy) is 1. The molecule has 0 fully saturated rings. The van der Waals surface area contributed by atoms with Crippen LogP contribution in [0, 0.1) is 0 Å². The number of benzene rings is 2. The molecule has 0 spiro atoms. The summed E-state index contributed by atoms with van der Waals surface area (Å²) >= 11 is 2.06. The number of halogens is 1. The molecule has 0 heterocycles. The van der Waals surface area contributed by atoms with Gasteiger partial charge < -0.3 is 10.1 Å². The lowest BCUT2D eigenvalue weighted by Crippen LogP contribution is -2.43. The van der Waals surface area contributed by atoms with Crippen LogP contribution in [0.1, 0.15) is 15.9 Å². The highest BCUT2D eigenvalue weighted by Crippen LogP contribution is 2.05. The van der Waals surface area contributed by atoms with Crippen LogP contribution in [-0.2, 0) is 16.1 Å². The monoisotopic (exact) mass is 409 g/mol. The second-order valence-electron chi connectivity index (χ2n) is 4.64. The van der Waals surface area contributed by atoms with Gasteiger partial charge in [0.2, 0.25) is 0 Å². The van der Waals surface area contributed by atoms with Crippen LogP contribution in [0.5, 0.6) is 0 Å². The Morgan fingerprint density at radius 2 is 1.59 bits per heavy atom. The standard InChI is InChI=1S/C17H16INO3/c18-11-15(19-16(20)14-9-5-2-6-10-14)17(21)22-12-13-7-3-1-4-8-13/h1-10,15H,11-12H2,(H,19,20)/t15-/m0/s1. The van der Waals surface area contributed by atoms with Crippen LogP contribution in [-0.4, -0.2) is 22.3 Å². The average Bonchev–Trinajstić information content (AvgIpc) is 2.59. The van der Waals surface area contributed by atoms with Gasteiger partial charge in [-0.1, -0.05) is 71.1 Å². The Morgan fingerprint density at radius 1 is 1.00 bits per heavy atom. The Balaban J connectivity index is 1.90.